The Morgan fingerprint density at radius 3 is 2.23 bits per heavy atom. The molecule has 0 atom stereocenters. The first-order valence-corrected chi connectivity index (χ1v) is 11.3. The van der Waals surface area contributed by atoms with Gasteiger partial charge in [0.05, 0.1) is 5.75 Å². The van der Waals surface area contributed by atoms with Crippen molar-refractivity contribution in [3.63, 3.8) is 0 Å². The molecule has 26 heavy (non-hydrogen) atoms. The Morgan fingerprint density at radius 2 is 1.69 bits per heavy atom. The molecule has 0 bridgehead atoms. The van der Waals surface area contributed by atoms with Crippen LogP contribution in [0.4, 0.5) is 0 Å². The zero-order chi connectivity index (χ0) is 19.2. The summed E-state index contributed by atoms with van der Waals surface area (Å²) in [6.07, 6.45) is 2.77. The summed E-state index contributed by atoms with van der Waals surface area (Å²) in [7, 11) is -3.17. The molecule has 0 spiro atoms. The Labute approximate surface area is 158 Å². The van der Waals surface area contributed by atoms with E-state index in [4.69, 9.17) is 0 Å². The summed E-state index contributed by atoms with van der Waals surface area (Å²) in [4.78, 5) is 14.2. The number of hydrogen-bond donors (Lipinski definition) is 0. The lowest BCUT2D eigenvalue weighted by Crippen LogP contribution is -2.51. The highest BCUT2D eigenvalue weighted by Crippen LogP contribution is 2.16. The van der Waals surface area contributed by atoms with Crippen molar-refractivity contribution in [3.05, 3.63) is 35.4 Å². The molecular weight excluding hydrogens is 348 g/mol. The number of aryl methyl sites for hydroxylation is 1. The molecule has 1 aromatic rings. The normalized spacial score (nSPS) is 16.2. The minimum atomic E-state index is -3.17. The molecule has 1 aromatic carbocycles. The molecule has 0 unspecified atom stereocenters. The van der Waals surface area contributed by atoms with Crippen molar-refractivity contribution < 1.29 is 13.2 Å². The van der Waals surface area contributed by atoms with Crippen LogP contribution in [0.3, 0.4) is 0 Å². The first kappa shape index (κ1) is 20.9. The average molecular weight is 381 g/mol. The van der Waals surface area contributed by atoms with Crippen molar-refractivity contribution in [2.45, 2.75) is 52.4 Å². The first-order valence-electron chi connectivity index (χ1n) is 9.68. The van der Waals surface area contributed by atoms with Crippen LogP contribution in [-0.4, -0.2) is 55.5 Å². The predicted molar refractivity (Wildman–Crippen MR) is 106 cm³/mol. The summed E-state index contributed by atoms with van der Waals surface area (Å²) in [5, 5.41) is 0. The molecule has 2 rings (SSSR count). The Balaban J connectivity index is 1.79. The van der Waals surface area contributed by atoms with Crippen molar-refractivity contribution >= 4 is 15.9 Å². The maximum Gasteiger partial charge on any atom is 0.222 e. The van der Waals surface area contributed by atoms with E-state index < -0.39 is 10.0 Å². The molecule has 0 aliphatic carbocycles. The van der Waals surface area contributed by atoms with E-state index in [0.29, 0.717) is 44.9 Å². The number of unbranched alkanes of at least 4 members (excludes halogenated alkanes) is 1. The molecule has 1 amide bonds. The lowest BCUT2D eigenvalue weighted by atomic mass is 10.00. The van der Waals surface area contributed by atoms with Crippen LogP contribution in [0, 0.1) is 0 Å². The lowest BCUT2D eigenvalue weighted by Gasteiger charge is -2.34. The maximum atomic E-state index is 12.4. The van der Waals surface area contributed by atoms with Crippen LogP contribution in [0.25, 0.3) is 0 Å². The second kappa shape index (κ2) is 9.51. The van der Waals surface area contributed by atoms with Crippen molar-refractivity contribution in [2.75, 3.05) is 31.9 Å². The smallest absolute Gasteiger partial charge is 0.222 e. The van der Waals surface area contributed by atoms with Gasteiger partial charge in [0.1, 0.15) is 0 Å². The number of carbonyl (C=O) groups excluding carboxylic acids is 1. The fourth-order valence-corrected chi connectivity index (χ4v) is 4.78. The summed E-state index contributed by atoms with van der Waals surface area (Å²) in [6.45, 7) is 8.15. The lowest BCUT2D eigenvalue weighted by molar-refractivity contribution is -0.132. The molecule has 0 saturated carbocycles. The number of piperazine rings is 1. The van der Waals surface area contributed by atoms with Gasteiger partial charge < -0.3 is 4.90 Å². The molecule has 0 radical (unpaired) electrons. The molecule has 0 aromatic heterocycles. The van der Waals surface area contributed by atoms with Crippen molar-refractivity contribution in [1.82, 2.24) is 9.21 Å². The Hall–Kier alpha value is -1.40. The van der Waals surface area contributed by atoms with Gasteiger partial charge >= 0.3 is 0 Å². The third-order valence-corrected chi connectivity index (χ3v) is 6.97. The molecule has 0 N–H and O–H groups in total. The number of carbonyl (C=O) groups is 1. The van der Waals surface area contributed by atoms with E-state index in [-0.39, 0.29) is 11.7 Å². The van der Waals surface area contributed by atoms with Crippen LogP contribution in [-0.2, 0) is 21.2 Å². The van der Waals surface area contributed by atoms with Crippen LogP contribution >= 0.6 is 0 Å². The molecule has 1 fully saturated rings. The average Bonchev–Trinajstić information content (AvgIpc) is 2.65. The van der Waals surface area contributed by atoms with E-state index in [2.05, 4.69) is 38.1 Å². The van der Waals surface area contributed by atoms with Gasteiger partial charge in [-0.1, -0.05) is 51.5 Å². The molecule has 1 aliphatic heterocycles. The first-order chi connectivity index (χ1) is 12.3. The molecule has 1 saturated heterocycles. The van der Waals surface area contributed by atoms with Crippen molar-refractivity contribution in [3.8, 4) is 0 Å². The number of sulfonamides is 1. The van der Waals surface area contributed by atoms with Gasteiger partial charge in [-0.05, 0) is 29.9 Å². The van der Waals surface area contributed by atoms with E-state index in [1.54, 1.807) is 4.90 Å². The fraction of sp³-hybridized carbons (Fsp3) is 0.650. The highest BCUT2D eigenvalue weighted by Gasteiger charge is 2.28. The molecule has 5 nitrogen and oxygen atoms in total. The monoisotopic (exact) mass is 380 g/mol. The third-order valence-electron chi connectivity index (χ3n) is 5.01. The van der Waals surface area contributed by atoms with Gasteiger partial charge in [-0.25, -0.2) is 8.42 Å². The van der Waals surface area contributed by atoms with Gasteiger partial charge in [-0.3, -0.25) is 4.79 Å². The van der Waals surface area contributed by atoms with Crippen LogP contribution < -0.4 is 0 Å². The van der Waals surface area contributed by atoms with E-state index in [1.165, 1.54) is 15.4 Å². The largest absolute Gasteiger partial charge is 0.340 e. The van der Waals surface area contributed by atoms with E-state index in [9.17, 15) is 13.2 Å². The summed E-state index contributed by atoms with van der Waals surface area (Å²) in [5.74, 6) is 0.836. The highest BCUT2D eigenvalue weighted by molar-refractivity contribution is 7.89. The van der Waals surface area contributed by atoms with Crippen LogP contribution in [0.5, 0.6) is 0 Å². The summed E-state index contributed by atoms with van der Waals surface area (Å²) in [6, 6.07) is 8.45. The minimum absolute atomic E-state index is 0.114. The van der Waals surface area contributed by atoms with Gasteiger partial charge in [0.15, 0.2) is 0 Å². The molecular formula is C20H32N2O3S. The molecule has 1 aliphatic rings. The van der Waals surface area contributed by atoms with Gasteiger partial charge in [0.2, 0.25) is 15.9 Å². The molecule has 6 heteroatoms. The maximum absolute atomic E-state index is 12.4. The summed E-state index contributed by atoms with van der Waals surface area (Å²) < 4.78 is 26.0. The zero-order valence-electron chi connectivity index (χ0n) is 16.3. The van der Waals surface area contributed by atoms with Crippen LogP contribution in [0.2, 0.25) is 0 Å². The zero-order valence-corrected chi connectivity index (χ0v) is 17.1. The van der Waals surface area contributed by atoms with Gasteiger partial charge in [-0.2, -0.15) is 4.31 Å². The van der Waals surface area contributed by atoms with Gasteiger partial charge in [-0.15, -0.1) is 0 Å². The number of hydrogen-bond acceptors (Lipinski definition) is 3. The minimum Gasteiger partial charge on any atom is -0.340 e. The van der Waals surface area contributed by atoms with Crippen LogP contribution in [0.15, 0.2) is 24.3 Å². The summed E-state index contributed by atoms with van der Waals surface area (Å²) in [5.41, 5.74) is 2.48. The van der Waals surface area contributed by atoms with Crippen molar-refractivity contribution in [1.29, 1.82) is 0 Å². The molecule has 1 heterocycles. The molecule has 146 valence electrons. The predicted octanol–water partition coefficient (Wildman–Crippen LogP) is 3.02. The Morgan fingerprint density at radius 1 is 1.08 bits per heavy atom. The quantitative estimate of drug-likeness (QED) is 0.696. The van der Waals surface area contributed by atoms with E-state index >= 15 is 0 Å². The SMILES string of the molecule is CCCCS(=O)(=O)N1CCN(C(=O)CCc2ccc(C(C)C)cc2)CC1. The topological polar surface area (TPSA) is 57.7 Å². The number of benzene rings is 1. The second-order valence-electron chi connectivity index (χ2n) is 7.35. The number of amides is 1. The fourth-order valence-electron chi connectivity index (χ4n) is 3.15. The third kappa shape index (κ3) is 5.81. The van der Waals surface area contributed by atoms with E-state index in [1.807, 2.05) is 6.92 Å². The van der Waals surface area contributed by atoms with E-state index in [0.717, 1.165) is 12.8 Å². The van der Waals surface area contributed by atoms with Gasteiger partial charge in [0.25, 0.3) is 0 Å². The number of nitrogens with zero attached hydrogens (tertiary/aromatic N) is 2. The summed E-state index contributed by atoms with van der Waals surface area (Å²) >= 11 is 0. The standard InChI is InChI=1S/C20H32N2O3S/c1-4-5-16-26(24,25)22-14-12-21(13-15-22)20(23)11-8-18-6-9-19(10-7-18)17(2)3/h6-7,9-10,17H,4-5,8,11-16H2,1-3H3. The van der Waals surface area contributed by atoms with Crippen LogP contribution in [0.1, 0.15) is 57.1 Å². The second-order valence-corrected chi connectivity index (χ2v) is 9.43. The highest BCUT2D eigenvalue weighted by atomic mass is 32.2. The van der Waals surface area contributed by atoms with Crippen molar-refractivity contribution in [2.24, 2.45) is 0 Å². The Kier molecular flexibility index (Phi) is 7.65. The number of rotatable bonds is 8. The Bertz CT molecular complexity index is 676. The van der Waals surface area contributed by atoms with Gasteiger partial charge in [0, 0.05) is 32.6 Å².